The number of nitrogens with zero attached hydrogens (tertiary/aromatic N) is 1. The molecule has 0 saturated heterocycles. The smallest absolute Gasteiger partial charge is 0.255 e. The van der Waals surface area contributed by atoms with Gasteiger partial charge in [0.15, 0.2) is 0 Å². The molecule has 0 aliphatic heterocycles. The van der Waals surface area contributed by atoms with Gasteiger partial charge in [0.05, 0.1) is 17.4 Å². The first kappa shape index (κ1) is 12.2. The monoisotopic (exact) mass is 267 g/mol. The number of aromatic hydroxyl groups is 1. The molecule has 5 nitrogen and oxygen atoms in total. The molecular weight excluding hydrogens is 254 g/mol. The van der Waals surface area contributed by atoms with E-state index in [0.29, 0.717) is 11.3 Å². The van der Waals surface area contributed by atoms with Crippen molar-refractivity contribution >= 4 is 22.5 Å². The van der Waals surface area contributed by atoms with Gasteiger partial charge in [-0.1, -0.05) is 12.1 Å². The van der Waals surface area contributed by atoms with Crippen LogP contribution in [0, 0.1) is 6.92 Å². The first-order valence-electron chi connectivity index (χ1n) is 6.17. The molecule has 1 amide bonds. The van der Waals surface area contributed by atoms with Crippen molar-refractivity contribution in [1.82, 2.24) is 10.2 Å². The second-order valence-electron chi connectivity index (χ2n) is 4.65. The molecule has 1 aromatic heterocycles. The summed E-state index contributed by atoms with van der Waals surface area (Å²) in [6, 6.07) is 10.4. The van der Waals surface area contributed by atoms with E-state index in [9.17, 15) is 9.90 Å². The maximum absolute atomic E-state index is 12.2. The first-order valence-corrected chi connectivity index (χ1v) is 6.17. The third-order valence-electron chi connectivity index (χ3n) is 3.11. The summed E-state index contributed by atoms with van der Waals surface area (Å²) in [5, 5.41) is 20.2. The molecule has 0 atom stereocenters. The number of hydrogen-bond donors (Lipinski definition) is 3. The van der Waals surface area contributed by atoms with E-state index in [4.69, 9.17) is 0 Å². The number of aryl methyl sites for hydroxylation is 1. The highest BCUT2D eigenvalue weighted by Gasteiger charge is 2.10. The zero-order valence-corrected chi connectivity index (χ0v) is 10.8. The van der Waals surface area contributed by atoms with Gasteiger partial charge in [-0.2, -0.15) is 5.10 Å². The Morgan fingerprint density at radius 2 is 2.10 bits per heavy atom. The molecule has 0 saturated carbocycles. The lowest BCUT2D eigenvalue weighted by Gasteiger charge is -2.08. The molecule has 0 fully saturated rings. The van der Waals surface area contributed by atoms with Crippen LogP contribution in [0.1, 0.15) is 15.9 Å². The molecule has 0 unspecified atom stereocenters. The number of phenolic OH excluding ortho intramolecular Hbond substituents is 1. The molecule has 5 heteroatoms. The van der Waals surface area contributed by atoms with Crippen LogP contribution < -0.4 is 5.32 Å². The van der Waals surface area contributed by atoms with Gasteiger partial charge in [-0.05, 0) is 36.8 Å². The van der Waals surface area contributed by atoms with Crippen LogP contribution in [0.4, 0.5) is 5.69 Å². The summed E-state index contributed by atoms with van der Waals surface area (Å²) in [6.07, 6.45) is 1.70. The van der Waals surface area contributed by atoms with Crippen LogP contribution in [0.3, 0.4) is 0 Å². The zero-order chi connectivity index (χ0) is 14.1. The summed E-state index contributed by atoms with van der Waals surface area (Å²) in [4.78, 5) is 12.2. The van der Waals surface area contributed by atoms with Crippen molar-refractivity contribution in [3.63, 3.8) is 0 Å². The lowest BCUT2D eigenvalue weighted by atomic mass is 10.1. The molecule has 3 aromatic rings. The van der Waals surface area contributed by atoms with Crippen molar-refractivity contribution in [2.45, 2.75) is 6.92 Å². The van der Waals surface area contributed by atoms with Gasteiger partial charge >= 0.3 is 0 Å². The number of aromatic amines is 1. The molecule has 0 radical (unpaired) electrons. The number of hydrogen-bond acceptors (Lipinski definition) is 3. The number of carbonyl (C=O) groups is 1. The molecule has 100 valence electrons. The van der Waals surface area contributed by atoms with Gasteiger partial charge < -0.3 is 10.4 Å². The number of anilines is 1. The number of H-pyrrole nitrogens is 1. The summed E-state index contributed by atoms with van der Waals surface area (Å²) in [7, 11) is 0. The van der Waals surface area contributed by atoms with E-state index in [1.165, 1.54) is 0 Å². The average molecular weight is 267 g/mol. The highest BCUT2D eigenvalue weighted by Crippen LogP contribution is 2.24. The standard InChI is InChI=1S/C15H13N3O2/c1-9-2-5-12(14(19)6-9)17-15(20)10-3-4-11-8-16-18-13(11)7-10/h2-8,19H,1H3,(H,16,18)(H,17,20). The Balaban J connectivity index is 1.88. The zero-order valence-electron chi connectivity index (χ0n) is 10.8. The fourth-order valence-corrected chi connectivity index (χ4v) is 2.02. The Labute approximate surface area is 115 Å². The highest BCUT2D eigenvalue weighted by molar-refractivity contribution is 6.06. The normalized spacial score (nSPS) is 10.7. The van der Waals surface area contributed by atoms with E-state index in [0.717, 1.165) is 16.5 Å². The number of benzene rings is 2. The predicted octanol–water partition coefficient (Wildman–Crippen LogP) is 2.83. The summed E-state index contributed by atoms with van der Waals surface area (Å²) < 4.78 is 0. The fourth-order valence-electron chi connectivity index (χ4n) is 2.02. The number of nitrogens with one attached hydrogen (secondary N) is 2. The predicted molar refractivity (Wildman–Crippen MR) is 76.9 cm³/mol. The maximum Gasteiger partial charge on any atom is 0.255 e. The minimum atomic E-state index is -0.277. The second kappa shape index (κ2) is 4.70. The van der Waals surface area contributed by atoms with Crippen LogP contribution in [-0.4, -0.2) is 21.2 Å². The number of amides is 1. The Morgan fingerprint density at radius 1 is 1.25 bits per heavy atom. The van der Waals surface area contributed by atoms with Crippen LogP contribution in [0.2, 0.25) is 0 Å². The molecule has 0 aliphatic carbocycles. The third kappa shape index (κ3) is 2.21. The van der Waals surface area contributed by atoms with Gasteiger partial charge in [0.1, 0.15) is 5.75 Å². The van der Waals surface area contributed by atoms with Crippen molar-refractivity contribution in [3.8, 4) is 5.75 Å². The number of rotatable bonds is 2. The molecule has 0 aliphatic rings. The Morgan fingerprint density at radius 3 is 2.90 bits per heavy atom. The van der Waals surface area contributed by atoms with Crippen molar-refractivity contribution in [1.29, 1.82) is 0 Å². The van der Waals surface area contributed by atoms with E-state index in [2.05, 4.69) is 15.5 Å². The topological polar surface area (TPSA) is 78.0 Å². The van der Waals surface area contributed by atoms with Gasteiger partial charge in [0.25, 0.3) is 5.91 Å². The van der Waals surface area contributed by atoms with Gasteiger partial charge in [-0.25, -0.2) is 0 Å². The molecule has 20 heavy (non-hydrogen) atoms. The molecule has 3 N–H and O–H groups in total. The minimum absolute atomic E-state index is 0.0565. The average Bonchev–Trinajstić information content (AvgIpc) is 2.89. The number of phenols is 1. The molecule has 0 bridgehead atoms. The summed E-state index contributed by atoms with van der Waals surface area (Å²) in [5.41, 5.74) is 2.62. The number of aromatic nitrogens is 2. The second-order valence-corrected chi connectivity index (χ2v) is 4.65. The van der Waals surface area contributed by atoms with Crippen LogP contribution in [0.25, 0.3) is 10.9 Å². The molecule has 2 aromatic carbocycles. The van der Waals surface area contributed by atoms with Crippen molar-refractivity contribution < 1.29 is 9.90 Å². The lowest BCUT2D eigenvalue weighted by Crippen LogP contribution is -2.11. The van der Waals surface area contributed by atoms with E-state index >= 15 is 0 Å². The quantitative estimate of drug-likeness (QED) is 0.625. The lowest BCUT2D eigenvalue weighted by molar-refractivity contribution is 0.102. The van der Waals surface area contributed by atoms with Crippen molar-refractivity contribution in [3.05, 3.63) is 53.7 Å². The number of fused-ring (bicyclic) bond motifs is 1. The fraction of sp³-hybridized carbons (Fsp3) is 0.0667. The summed E-state index contributed by atoms with van der Waals surface area (Å²) in [5.74, 6) is -0.221. The Bertz CT molecular complexity index is 793. The molecular formula is C15H13N3O2. The molecule has 0 spiro atoms. The Hall–Kier alpha value is -2.82. The molecule has 1 heterocycles. The highest BCUT2D eigenvalue weighted by atomic mass is 16.3. The van der Waals surface area contributed by atoms with E-state index < -0.39 is 0 Å². The SMILES string of the molecule is Cc1ccc(NC(=O)c2ccc3cn[nH]c3c2)c(O)c1. The van der Waals surface area contributed by atoms with Gasteiger partial charge in [-0.15, -0.1) is 0 Å². The van der Waals surface area contributed by atoms with Crippen LogP contribution in [-0.2, 0) is 0 Å². The van der Waals surface area contributed by atoms with Crippen LogP contribution in [0.5, 0.6) is 5.75 Å². The first-order chi connectivity index (χ1) is 9.63. The van der Waals surface area contributed by atoms with Gasteiger partial charge in [0, 0.05) is 10.9 Å². The summed E-state index contributed by atoms with van der Waals surface area (Å²) in [6.45, 7) is 1.87. The maximum atomic E-state index is 12.2. The van der Waals surface area contributed by atoms with Crippen molar-refractivity contribution in [2.24, 2.45) is 0 Å². The largest absolute Gasteiger partial charge is 0.506 e. The summed E-state index contributed by atoms with van der Waals surface area (Å²) >= 11 is 0. The van der Waals surface area contributed by atoms with Crippen molar-refractivity contribution in [2.75, 3.05) is 5.32 Å². The third-order valence-corrected chi connectivity index (χ3v) is 3.11. The minimum Gasteiger partial charge on any atom is -0.506 e. The number of carbonyl (C=O) groups excluding carboxylic acids is 1. The van der Waals surface area contributed by atoms with Gasteiger partial charge in [-0.3, -0.25) is 9.89 Å². The van der Waals surface area contributed by atoms with Crippen LogP contribution in [0.15, 0.2) is 42.6 Å². The van der Waals surface area contributed by atoms with Gasteiger partial charge in [0.2, 0.25) is 0 Å². The Kier molecular flexibility index (Phi) is 2.87. The van der Waals surface area contributed by atoms with Crippen LogP contribution >= 0.6 is 0 Å². The van der Waals surface area contributed by atoms with E-state index in [1.807, 2.05) is 19.1 Å². The van der Waals surface area contributed by atoms with E-state index in [1.54, 1.807) is 30.5 Å². The molecule has 3 rings (SSSR count). The van der Waals surface area contributed by atoms with E-state index in [-0.39, 0.29) is 11.7 Å².